The van der Waals surface area contributed by atoms with Crippen LogP contribution in [0.4, 0.5) is 0 Å². The Balaban J connectivity index is 2.84. The summed E-state index contributed by atoms with van der Waals surface area (Å²) >= 11 is 6.09. The average molecular weight is 272 g/mol. The van der Waals surface area contributed by atoms with E-state index in [0.717, 1.165) is 11.1 Å². The molecule has 0 saturated carbocycles. The molecule has 3 N–H and O–H groups in total. The van der Waals surface area contributed by atoms with Crippen LogP contribution in [0.25, 0.3) is 0 Å². The summed E-state index contributed by atoms with van der Waals surface area (Å²) in [6.07, 6.45) is 0.439. The highest BCUT2D eigenvalue weighted by molar-refractivity contribution is 6.32. The van der Waals surface area contributed by atoms with Crippen molar-refractivity contribution in [2.24, 2.45) is 5.73 Å². The van der Waals surface area contributed by atoms with Gasteiger partial charge in [0.1, 0.15) is 5.75 Å². The van der Waals surface area contributed by atoms with Crippen LogP contribution in [0.5, 0.6) is 5.75 Å². The highest BCUT2D eigenvalue weighted by Crippen LogP contribution is 2.28. The van der Waals surface area contributed by atoms with Crippen molar-refractivity contribution in [3.8, 4) is 5.75 Å². The summed E-state index contributed by atoms with van der Waals surface area (Å²) in [5.41, 5.74) is 7.73. The molecule has 4 nitrogen and oxygen atoms in total. The van der Waals surface area contributed by atoms with Crippen molar-refractivity contribution in [2.75, 3.05) is 6.61 Å². The highest BCUT2D eigenvalue weighted by atomic mass is 35.5. The Bertz CT molecular complexity index is 434. The van der Waals surface area contributed by atoms with Crippen LogP contribution in [0.1, 0.15) is 24.5 Å². The zero-order chi connectivity index (χ0) is 13.7. The van der Waals surface area contributed by atoms with E-state index in [1.807, 2.05) is 19.9 Å². The van der Waals surface area contributed by atoms with Crippen molar-refractivity contribution in [2.45, 2.75) is 32.7 Å². The van der Waals surface area contributed by atoms with E-state index in [1.54, 1.807) is 6.07 Å². The maximum atomic E-state index is 10.6. The van der Waals surface area contributed by atoms with E-state index in [4.69, 9.17) is 27.2 Å². The van der Waals surface area contributed by atoms with Crippen LogP contribution in [0, 0.1) is 6.92 Å². The number of nitrogens with two attached hydrogens (primary N) is 1. The van der Waals surface area contributed by atoms with Gasteiger partial charge in [0.2, 0.25) is 0 Å². The van der Waals surface area contributed by atoms with Gasteiger partial charge in [-0.3, -0.25) is 4.79 Å². The number of aryl methyl sites for hydroxylation is 1. The molecule has 0 saturated heterocycles. The molecule has 0 aliphatic carbocycles. The fourth-order valence-corrected chi connectivity index (χ4v) is 2.00. The molecule has 0 aliphatic heterocycles. The molecular formula is C13H18ClNO3. The number of carboxylic acid groups (broad SMARTS) is 1. The predicted molar refractivity (Wildman–Crippen MR) is 71.3 cm³/mol. The van der Waals surface area contributed by atoms with Crippen molar-refractivity contribution in [1.29, 1.82) is 0 Å². The fourth-order valence-electron chi connectivity index (χ4n) is 1.76. The van der Waals surface area contributed by atoms with E-state index in [9.17, 15) is 4.79 Å². The largest absolute Gasteiger partial charge is 0.492 e. The van der Waals surface area contributed by atoms with Gasteiger partial charge in [0.15, 0.2) is 0 Å². The summed E-state index contributed by atoms with van der Waals surface area (Å²) < 4.78 is 5.38. The first kappa shape index (κ1) is 14.8. The molecule has 100 valence electrons. The SMILES string of the molecule is CCOc1cc(C)c(CC(N)CC(=O)O)cc1Cl. The van der Waals surface area contributed by atoms with E-state index in [0.29, 0.717) is 23.8 Å². The van der Waals surface area contributed by atoms with Gasteiger partial charge in [0.05, 0.1) is 18.1 Å². The first-order chi connectivity index (χ1) is 8.43. The van der Waals surface area contributed by atoms with Gasteiger partial charge in [-0.2, -0.15) is 0 Å². The number of hydrogen-bond donors (Lipinski definition) is 2. The van der Waals surface area contributed by atoms with E-state index >= 15 is 0 Å². The average Bonchev–Trinajstić information content (AvgIpc) is 2.24. The molecule has 0 radical (unpaired) electrons. The summed E-state index contributed by atoms with van der Waals surface area (Å²) in [6.45, 7) is 4.38. The molecule has 1 rings (SSSR count). The Morgan fingerprint density at radius 3 is 2.78 bits per heavy atom. The third-order valence-corrected chi connectivity index (χ3v) is 2.90. The maximum absolute atomic E-state index is 10.6. The van der Waals surface area contributed by atoms with Crippen LogP contribution < -0.4 is 10.5 Å². The summed E-state index contributed by atoms with van der Waals surface area (Å²) in [5.74, 6) is -0.246. The molecule has 0 spiro atoms. The number of ether oxygens (including phenoxy) is 1. The predicted octanol–water partition coefficient (Wildman–Crippen LogP) is 2.39. The lowest BCUT2D eigenvalue weighted by molar-refractivity contribution is -0.137. The molecule has 1 aromatic carbocycles. The number of carbonyl (C=O) groups is 1. The van der Waals surface area contributed by atoms with Crippen LogP contribution in [-0.2, 0) is 11.2 Å². The second-order valence-electron chi connectivity index (χ2n) is 4.20. The molecule has 1 unspecified atom stereocenters. The Morgan fingerprint density at radius 1 is 1.56 bits per heavy atom. The third-order valence-electron chi connectivity index (χ3n) is 2.61. The van der Waals surface area contributed by atoms with E-state index < -0.39 is 12.0 Å². The topological polar surface area (TPSA) is 72.5 Å². The van der Waals surface area contributed by atoms with Crippen molar-refractivity contribution >= 4 is 17.6 Å². The van der Waals surface area contributed by atoms with Gasteiger partial charge in [0.25, 0.3) is 0 Å². The molecule has 0 heterocycles. The van der Waals surface area contributed by atoms with Crippen LogP contribution in [0.15, 0.2) is 12.1 Å². The van der Waals surface area contributed by atoms with Gasteiger partial charge in [-0.05, 0) is 43.5 Å². The fraction of sp³-hybridized carbons (Fsp3) is 0.462. The van der Waals surface area contributed by atoms with Gasteiger partial charge in [0, 0.05) is 6.04 Å². The minimum atomic E-state index is -0.891. The van der Waals surface area contributed by atoms with E-state index in [1.165, 1.54) is 0 Å². The molecule has 0 aromatic heterocycles. The minimum Gasteiger partial charge on any atom is -0.492 e. The molecule has 0 aliphatic rings. The number of halogens is 1. The molecule has 0 amide bonds. The Kier molecular flexibility index (Phi) is 5.44. The lowest BCUT2D eigenvalue weighted by atomic mass is 9.99. The molecule has 1 atom stereocenters. The monoisotopic (exact) mass is 271 g/mol. The first-order valence-electron chi connectivity index (χ1n) is 5.83. The normalized spacial score (nSPS) is 12.2. The van der Waals surface area contributed by atoms with Crippen molar-refractivity contribution < 1.29 is 14.6 Å². The van der Waals surface area contributed by atoms with Gasteiger partial charge in [-0.25, -0.2) is 0 Å². The van der Waals surface area contributed by atoms with Gasteiger partial charge in [-0.1, -0.05) is 11.6 Å². The standard InChI is InChI=1S/C13H18ClNO3/c1-3-18-12-4-8(2)9(6-11(12)14)5-10(15)7-13(16)17/h4,6,10H,3,5,7,15H2,1-2H3,(H,16,17). The van der Waals surface area contributed by atoms with Crippen LogP contribution >= 0.6 is 11.6 Å². The highest BCUT2D eigenvalue weighted by Gasteiger charge is 2.13. The van der Waals surface area contributed by atoms with Crippen molar-refractivity contribution in [3.05, 3.63) is 28.3 Å². The van der Waals surface area contributed by atoms with Crippen molar-refractivity contribution in [1.82, 2.24) is 0 Å². The zero-order valence-corrected chi connectivity index (χ0v) is 11.3. The van der Waals surface area contributed by atoms with Gasteiger partial charge >= 0.3 is 5.97 Å². The molecular weight excluding hydrogens is 254 g/mol. The van der Waals surface area contributed by atoms with Crippen molar-refractivity contribution in [3.63, 3.8) is 0 Å². The second-order valence-corrected chi connectivity index (χ2v) is 4.61. The Morgan fingerprint density at radius 2 is 2.22 bits per heavy atom. The zero-order valence-electron chi connectivity index (χ0n) is 10.6. The van der Waals surface area contributed by atoms with Crippen LogP contribution in [0.3, 0.4) is 0 Å². The van der Waals surface area contributed by atoms with Crippen LogP contribution in [-0.4, -0.2) is 23.7 Å². The summed E-state index contributed by atoms with van der Waals surface area (Å²) in [7, 11) is 0. The summed E-state index contributed by atoms with van der Waals surface area (Å²) in [4.78, 5) is 10.6. The number of rotatable bonds is 6. The Hall–Kier alpha value is -1.26. The smallest absolute Gasteiger partial charge is 0.304 e. The lowest BCUT2D eigenvalue weighted by Gasteiger charge is -2.14. The second kappa shape index (κ2) is 6.61. The minimum absolute atomic E-state index is 0.0513. The molecule has 1 aromatic rings. The number of benzene rings is 1. The third kappa shape index (κ3) is 4.20. The number of carboxylic acids is 1. The van der Waals surface area contributed by atoms with Gasteiger partial charge < -0.3 is 15.6 Å². The maximum Gasteiger partial charge on any atom is 0.304 e. The molecule has 18 heavy (non-hydrogen) atoms. The number of aliphatic carboxylic acids is 1. The quantitative estimate of drug-likeness (QED) is 0.833. The lowest BCUT2D eigenvalue weighted by Crippen LogP contribution is -2.26. The van der Waals surface area contributed by atoms with E-state index in [-0.39, 0.29) is 6.42 Å². The molecule has 5 heteroatoms. The summed E-state index contributed by atoms with van der Waals surface area (Å²) in [6, 6.07) is 3.24. The summed E-state index contributed by atoms with van der Waals surface area (Å²) in [5, 5.41) is 9.20. The number of hydrogen-bond acceptors (Lipinski definition) is 3. The van der Waals surface area contributed by atoms with Gasteiger partial charge in [-0.15, -0.1) is 0 Å². The molecule has 0 bridgehead atoms. The molecule has 0 fully saturated rings. The van der Waals surface area contributed by atoms with Crippen LogP contribution in [0.2, 0.25) is 5.02 Å². The first-order valence-corrected chi connectivity index (χ1v) is 6.21. The van der Waals surface area contributed by atoms with E-state index in [2.05, 4.69) is 0 Å². The Labute approximate surface area is 112 Å².